The van der Waals surface area contributed by atoms with Crippen LogP contribution in [0.2, 0.25) is 0 Å². The summed E-state index contributed by atoms with van der Waals surface area (Å²) in [5.74, 6) is 0.853. The summed E-state index contributed by atoms with van der Waals surface area (Å²) in [6, 6.07) is 6.94. The number of rotatable bonds is 5. The molecule has 0 heterocycles. The Kier molecular flexibility index (Phi) is 4.76. The van der Waals surface area contributed by atoms with Crippen molar-refractivity contribution in [3.63, 3.8) is 0 Å². The fraction of sp³-hybridized carbons (Fsp3) is 0.625. The Morgan fingerprint density at radius 1 is 1.30 bits per heavy atom. The maximum atomic E-state index is 10.7. The van der Waals surface area contributed by atoms with E-state index in [1.54, 1.807) is 12.1 Å². The molecule has 0 atom stereocenters. The highest BCUT2D eigenvalue weighted by molar-refractivity contribution is 5.33. The molecule has 0 saturated heterocycles. The predicted octanol–water partition coefficient (Wildman–Crippen LogP) is 3.68. The van der Waals surface area contributed by atoms with Crippen LogP contribution in [0.4, 0.5) is 5.69 Å². The van der Waals surface area contributed by atoms with Crippen LogP contribution in [0.3, 0.4) is 0 Å². The SMILES string of the molecule is CCC1CCC(CN)(Cc2ccc([N+](=O)[O-])cc2)CC1. The lowest BCUT2D eigenvalue weighted by atomic mass is 9.67. The fourth-order valence-corrected chi connectivity index (χ4v) is 3.32. The molecule has 0 aromatic heterocycles. The zero-order chi connectivity index (χ0) is 14.6. The van der Waals surface area contributed by atoms with Crippen LogP contribution in [0.25, 0.3) is 0 Å². The van der Waals surface area contributed by atoms with Gasteiger partial charge < -0.3 is 5.73 Å². The Morgan fingerprint density at radius 2 is 1.90 bits per heavy atom. The second-order valence-electron chi connectivity index (χ2n) is 6.16. The largest absolute Gasteiger partial charge is 0.330 e. The van der Waals surface area contributed by atoms with Gasteiger partial charge in [0, 0.05) is 12.1 Å². The highest BCUT2D eigenvalue weighted by Gasteiger charge is 2.33. The number of hydrogen-bond donors (Lipinski definition) is 1. The molecule has 1 aliphatic carbocycles. The average Bonchev–Trinajstić information content (AvgIpc) is 2.48. The van der Waals surface area contributed by atoms with Gasteiger partial charge in [0.15, 0.2) is 0 Å². The summed E-state index contributed by atoms with van der Waals surface area (Å²) in [6.45, 7) is 2.97. The third-order valence-electron chi connectivity index (χ3n) is 4.90. The van der Waals surface area contributed by atoms with Crippen LogP contribution in [-0.2, 0) is 6.42 Å². The van der Waals surface area contributed by atoms with Gasteiger partial charge in [-0.1, -0.05) is 25.5 Å². The third kappa shape index (κ3) is 3.37. The molecule has 1 aromatic carbocycles. The van der Waals surface area contributed by atoms with E-state index in [0.717, 1.165) is 17.9 Å². The molecular weight excluding hydrogens is 252 g/mol. The Morgan fingerprint density at radius 3 is 2.35 bits per heavy atom. The summed E-state index contributed by atoms with van der Waals surface area (Å²) in [5.41, 5.74) is 7.56. The van der Waals surface area contributed by atoms with Gasteiger partial charge in [-0.05, 0) is 55.5 Å². The Hall–Kier alpha value is -1.42. The molecule has 0 bridgehead atoms. The summed E-state index contributed by atoms with van der Waals surface area (Å²) < 4.78 is 0. The number of nitrogens with two attached hydrogens (primary N) is 1. The highest BCUT2D eigenvalue weighted by atomic mass is 16.6. The molecule has 0 amide bonds. The van der Waals surface area contributed by atoms with Crippen LogP contribution < -0.4 is 5.73 Å². The Bertz CT molecular complexity index is 448. The van der Waals surface area contributed by atoms with Crippen molar-refractivity contribution in [1.29, 1.82) is 0 Å². The van der Waals surface area contributed by atoms with Crippen molar-refractivity contribution in [2.45, 2.75) is 45.4 Å². The molecule has 20 heavy (non-hydrogen) atoms. The molecule has 0 unspecified atom stereocenters. The molecular formula is C16H24N2O2. The molecule has 0 radical (unpaired) electrons. The van der Waals surface area contributed by atoms with Crippen molar-refractivity contribution in [2.24, 2.45) is 17.1 Å². The van der Waals surface area contributed by atoms with Gasteiger partial charge in [0.1, 0.15) is 0 Å². The number of nitro benzene ring substituents is 1. The quantitative estimate of drug-likeness (QED) is 0.658. The van der Waals surface area contributed by atoms with Crippen molar-refractivity contribution in [2.75, 3.05) is 6.54 Å². The Labute approximate surface area is 120 Å². The van der Waals surface area contributed by atoms with Gasteiger partial charge in [-0.2, -0.15) is 0 Å². The van der Waals surface area contributed by atoms with Crippen LogP contribution in [0.5, 0.6) is 0 Å². The van der Waals surface area contributed by atoms with Crippen molar-refractivity contribution in [1.82, 2.24) is 0 Å². The molecule has 1 aliphatic rings. The molecule has 1 fully saturated rings. The van der Waals surface area contributed by atoms with Crippen molar-refractivity contribution < 1.29 is 4.92 Å². The molecule has 4 nitrogen and oxygen atoms in total. The lowest BCUT2D eigenvalue weighted by molar-refractivity contribution is -0.384. The first-order valence-electron chi connectivity index (χ1n) is 7.52. The first kappa shape index (κ1) is 15.0. The van der Waals surface area contributed by atoms with Crippen LogP contribution >= 0.6 is 0 Å². The average molecular weight is 276 g/mol. The van der Waals surface area contributed by atoms with Gasteiger partial charge in [0.2, 0.25) is 0 Å². The normalized spacial score (nSPS) is 26.4. The molecule has 1 saturated carbocycles. The van der Waals surface area contributed by atoms with Gasteiger partial charge in [-0.25, -0.2) is 0 Å². The smallest absolute Gasteiger partial charge is 0.269 e. The van der Waals surface area contributed by atoms with Gasteiger partial charge in [0.05, 0.1) is 4.92 Å². The summed E-state index contributed by atoms with van der Waals surface area (Å²) in [5, 5.41) is 10.7. The van der Waals surface area contributed by atoms with Crippen molar-refractivity contribution >= 4 is 5.69 Å². The number of nitrogens with zero attached hydrogens (tertiary/aromatic N) is 1. The molecule has 2 rings (SSSR count). The molecule has 1 aromatic rings. The zero-order valence-electron chi connectivity index (χ0n) is 12.2. The lowest BCUT2D eigenvalue weighted by Gasteiger charge is -2.39. The molecule has 110 valence electrons. The van der Waals surface area contributed by atoms with Gasteiger partial charge in [-0.3, -0.25) is 10.1 Å². The summed E-state index contributed by atoms with van der Waals surface area (Å²) >= 11 is 0. The summed E-state index contributed by atoms with van der Waals surface area (Å²) in [6.07, 6.45) is 7.09. The minimum atomic E-state index is -0.352. The van der Waals surface area contributed by atoms with E-state index in [-0.39, 0.29) is 16.0 Å². The number of benzene rings is 1. The lowest BCUT2D eigenvalue weighted by Crippen LogP contribution is -2.36. The van der Waals surface area contributed by atoms with Crippen LogP contribution in [0, 0.1) is 21.4 Å². The summed E-state index contributed by atoms with van der Waals surface area (Å²) in [4.78, 5) is 10.3. The monoisotopic (exact) mass is 276 g/mol. The van der Waals surface area contributed by atoms with E-state index in [1.807, 2.05) is 12.1 Å². The van der Waals surface area contributed by atoms with Crippen LogP contribution in [0.1, 0.15) is 44.6 Å². The van der Waals surface area contributed by atoms with Crippen molar-refractivity contribution in [3.8, 4) is 0 Å². The number of hydrogen-bond acceptors (Lipinski definition) is 3. The van der Waals surface area contributed by atoms with E-state index in [2.05, 4.69) is 6.92 Å². The second-order valence-corrected chi connectivity index (χ2v) is 6.16. The minimum absolute atomic E-state index is 0.158. The fourth-order valence-electron chi connectivity index (χ4n) is 3.32. The first-order valence-corrected chi connectivity index (χ1v) is 7.52. The molecule has 2 N–H and O–H groups in total. The van der Waals surface area contributed by atoms with E-state index in [1.165, 1.54) is 32.1 Å². The topological polar surface area (TPSA) is 69.2 Å². The van der Waals surface area contributed by atoms with Gasteiger partial charge in [0.25, 0.3) is 5.69 Å². The third-order valence-corrected chi connectivity index (χ3v) is 4.90. The second kappa shape index (κ2) is 6.35. The zero-order valence-corrected chi connectivity index (χ0v) is 12.2. The van der Waals surface area contributed by atoms with E-state index >= 15 is 0 Å². The Balaban J connectivity index is 2.04. The first-order chi connectivity index (χ1) is 9.58. The predicted molar refractivity (Wildman–Crippen MR) is 80.5 cm³/mol. The van der Waals surface area contributed by atoms with Crippen molar-refractivity contribution in [3.05, 3.63) is 39.9 Å². The highest BCUT2D eigenvalue weighted by Crippen LogP contribution is 2.41. The van der Waals surface area contributed by atoms with Gasteiger partial charge >= 0.3 is 0 Å². The minimum Gasteiger partial charge on any atom is -0.330 e. The van der Waals surface area contributed by atoms with E-state index in [0.29, 0.717) is 6.54 Å². The van der Waals surface area contributed by atoms with Crippen LogP contribution in [-0.4, -0.2) is 11.5 Å². The number of non-ortho nitro benzene ring substituents is 1. The van der Waals surface area contributed by atoms with Gasteiger partial charge in [-0.15, -0.1) is 0 Å². The van der Waals surface area contributed by atoms with E-state index < -0.39 is 0 Å². The molecule has 0 spiro atoms. The van der Waals surface area contributed by atoms with E-state index in [4.69, 9.17) is 5.73 Å². The van der Waals surface area contributed by atoms with Crippen LogP contribution in [0.15, 0.2) is 24.3 Å². The maximum Gasteiger partial charge on any atom is 0.269 e. The molecule has 0 aliphatic heterocycles. The molecule has 4 heteroatoms. The maximum absolute atomic E-state index is 10.7. The standard InChI is InChI=1S/C16H24N2O2/c1-2-13-7-9-16(12-17,10-8-13)11-14-3-5-15(6-4-14)18(19)20/h3-6,13H,2,7-12,17H2,1H3. The van der Waals surface area contributed by atoms with E-state index in [9.17, 15) is 10.1 Å². The summed E-state index contributed by atoms with van der Waals surface area (Å²) in [7, 11) is 0. The number of nitro groups is 1.